The van der Waals surface area contributed by atoms with Crippen molar-refractivity contribution in [1.29, 1.82) is 0 Å². The normalized spacial score (nSPS) is 11.9. The van der Waals surface area contributed by atoms with Crippen molar-refractivity contribution in [2.45, 2.75) is 20.4 Å². The molecule has 0 bridgehead atoms. The summed E-state index contributed by atoms with van der Waals surface area (Å²) in [4.78, 5) is 2.23. The summed E-state index contributed by atoms with van der Waals surface area (Å²) in [5, 5.41) is 3.52. The highest BCUT2D eigenvalue weighted by Crippen LogP contribution is 2.15. The van der Waals surface area contributed by atoms with Crippen molar-refractivity contribution in [3.8, 4) is 5.75 Å². The largest absolute Gasteiger partial charge is 0.497 e. The van der Waals surface area contributed by atoms with Gasteiger partial charge in [0, 0.05) is 19.6 Å². The highest BCUT2D eigenvalue weighted by atomic mass is 16.5. The Bertz CT molecular complexity index is 344. The second-order valence-electron chi connectivity index (χ2n) is 5.85. The Morgan fingerprint density at radius 1 is 1.17 bits per heavy atom. The molecule has 0 amide bonds. The molecule has 0 aliphatic rings. The Labute approximate surface area is 111 Å². The minimum absolute atomic E-state index is 0.288. The summed E-state index contributed by atoms with van der Waals surface area (Å²) in [7, 11) is 5.92. The highest BCUT2D eigenvalue weighted by Gasteiger charge is 2.17. The first kappa shape index (κ1) is 15.0. The molecule has 0 aromatic heterocycles. The van der Waals surface area contributed by atoms with Crippen LogP contribution in [0.2, 0.25) is 0 Å². The number of benzene rings is 1. The third-order valence-electron chi connectivity index (χ3n) is 2.84. The molecule has 0 aliphatic heterocycles. The Kier molecular flexibility index (Phi) is 5.63. The predicted molar refractivity (Wildman–Crippen MR) is 77.0 cm³/mol. The van der Waals surface area contributed by atoms with Gasteiger partial charge >= 0.3 is 0 Å². The van der Waals surface area contributed by atoms with E-state index in [-0.39, 0.29) is 5.41 Å². The van der Waals surface area contributed by atoms with Crippen molar-refractivity contribution < 1.29 is 4.74 Å². The first-order valence-corrected chi connectivity index (χ1v) is 6.41. The molecule has 3 heteroatoms. The van der Waals surface area contributed by atoms with Gasteiger partial charge in [0.05, 0.1) is 7.11 Å². The lowest BCUT2D eigenvalue weighted by molar-refractivity contribution is 0.232. The average molecular weight is 250 g/mol. The van der Waals surface area contributed by atoms with Gasteiger partial charge in [0.2, 0.25) is 0 Å². The number of hydrogen-bond acceptors (Lipinski definition) is 3. The van der Waals surface area contributed by atoms with Crippen LogP contribution in [0.4, 0.5) is 0 Å². The molecule has 1 aromatic carbocycles. The number of nitrogens with zero attached hydrogens (tertiary/aromatic N) is 1. The summed E-state index contributed by atoms with van der Waals surface area (Å²) in [5.74, 6) is 0.909. The minimum atomic E-state index is 0.288. The minimum Gasteiger partial charge on any atom is -0.497 e. The fraction of sp³-hybridized carbons (Fsp3) is 0.600. The first-order chi connectivity index (χ1) is 8.43. The quantitative estimate of drug-likeness (QED) is 0.804. The number of hydrogen-bond donors (Lipinski definition) is 1. The van der Waals surface area contributed by atoms with Crippen molar-refractivity contribution in [2.24, 2.45) is 5.41 Å². The second kappa shape index (κ2) is 6.76. The lowest BCUT2D eigenvalue weighted by Crippen LogP contribution is -2.37. The van der Waals surface area contributed by atoms with Crippen LogP contribution in [-0.4, -0.2) is 39.2 Å². The van der Waals surface area contributed by atoms with E-state index in [0.717, 1.165) is 25.4 Å². The molecule has 1 aromatic rings. The van der Waals surface area contributed by atoms with Gasteiger partial charge in [-0.2, -0.15) is 0 Å². The van der Waals surface area contributed by atoms with Crippen LogP contribution in [0.1, 0.15) is 19.4 Å². The zero-order valence-electron chi connectivity index (χ0n) is 12.3. The van der Waals surface area contributed by atoms with Gasteiger partial charge in [-0.05, 0) is 37.2 Å². The molecular weight excluding hydrogens is 224 g/mol. The van der Waals surface area contributed by atoms with Crippen molar-refractivity contribution in [1.82, 2.24) is 10.2 Å². The molecule has 3 nitrogen and oxygen atoms in total. The maximum absolute atomic E-state index is 5.15. The van der Waals surface area contributed by atoms with Gasteiger partial charge in [0.25, 0.3) is 0 Å². The fourth-order valence-electron chi connectivity index (χ4n) is 2.20. The van der Waals surface area contributed by atoms with Crippen LogP contribution in [-0.2, 0) is 6.54 Å². The third kappa shape index (κ3) is 5.52. The van der Waals surface area contributed by atoms with Gasteiger partial charge in [0.15, 0.2) is 0 Å². The van der Waals surface area contributed by atoms with Gasteiger partial charge in [-0.1, -0.05) is 26.0 Å². The molecule has 0 saturated carbocycles. The summed E-state index contributed by atoms with van der Waals surface area (Å²) in [6.07, 6.45) is 0. The van der Waals surface area contributed by atoms with Crippen molar-refractivity contribution in [3.63, 3.8) is 0 Å². The molecule has 0 unspecified atom stereocenters. The van der Waals surface area contributed by atoms with E-state index >= 15 is 0 Å². The summed E-state index contributed by atoms with van der Waals surface area (Å²) >= 11 is 0. The van der Waals surface area contributed by atoms with Crippen LogP contribution in [0.25, 0.3) is 0 Å². The Morgan fingerprint density at radius 2 is 1.78 bits per heavy atom. The van der Waals surface area contributed by atoms with Crippen LogP contribution >= 0.6 is 0 Å². The van der Waals surface area contributed by atoms with E-state index in [1.807, 2.05) is 12.1 Å². The molecule has 0 saturated heterocycles. The van der Waals surface area contributed by atoms with Gasteiger partial charge in [-0.25, -0.2) is 0 Å². The maximum atomic E-state index is 5.15. The van der Waals surface area contributed by atoms with Gasteiger partial charge < -0.3 is 15.0 Å². The molecule has 0 fully saturated rings. The monoisotopic (exact) mass is 250 g/mol. The fourth-order valence-corrected chi connectivity index (χ4v) is 2.20. The molecule has 1 rings (SSSR count). The predicted octanol–water partition coefficient (Wildman–Crippen LogP) is 2.37. The van der Waals surface area contributed by atoms with E-state index in [2.05, 4.69) is 50.3 Å². The highest BCUT2D eigenvalue weighted by molar-refractivity contribution is 5.26. The van der Waals surface area contributed by atoms with Gasteiger partial charge in [0.1, 0.15) is 5.75 Å². The van der Waals surface area contributed by atoms with E-state index in [9.17, 15) is 0 Å². The smallest absolute Gasteiger partial charge is 0.118 e. The van der Waals surface area contributed by atoms with E-state index < -0.39 is 0 Å². The zero-order valence-corrected chi connectivity index (χ0v) is 12.3. The molecular formula is C15H26N2O. The number of methoxy groups -OCH3 is 1. The third-order valence-corrected chi connectivity index (χ3v) is 2.84. The Morgan fingerprint density at radius 3 is 2.28 bits per heavy atom. The van der Waals surface area contributed by atoms with E-state index in [0.29, 0.717) is 0 Å². The molecule has 1 N–H and O–H groups in total. The average Bonchev–Trinajstić information content (AvgIpc) is 2.28. The van der Waals surface area contributed by atoms with Crippen LogP contribution in [0.15, 0.2) is 24.3 Å². The van der Waals surface area contributed by atoms with Crippen molar-refractivity contribution >= 4 is 0 Å². The first-order valence-electron chi connectivity index (χ1n) is 6.41. The molecule has 0 heterocycles. The van der Waals surface area contributed by atoms with E-state index in [4.69, 9.17) is 4.74 Å². The summed E-state index contributed by atoms with van der Waals surface area (Å²) < 4.78 is 5.15. The molecule has 0 atom stereocenters. The topological polar surface area (TPSA) is 24.5 Å². The van der Waals surface area contributed by atoms with E-state index in [1.54, 1.807) is 7.11 Å². The Balaban J connectivity index is 2.36. The summed E-state index contributed by atoms with van der Waals surface area (Å²) in [5.41, 5.74) is 1.58. The van der Waals surface area contributed by atoms with Crippen molar-refractivity contribution in [3.05, 3.63) is 29.8 Å². The molecule has 0 aliphatic carbocycles. The SMILES string of the molecule is COc1ccc(CNCC(C)(C)CN(C)C)cc1. The summed E-state index contributed by atoms with van der Waals surface area (Å²) in [6, 6.07) is 8.21. The lowest BCUT2D eigenvalue weighted by Gasteiger charge is -2.28. The maximum Gasteiger partial charge on any atom is 0.118 e. The Hall–Kier alpha value is -1.06. The number of nitrogens with one attached hydrogen (secondary N) is 1. The molecule has 0 spiro atoms. The zero-order chi connectivity index (χ0) is 13.6. The standard InChI is InChI=1S/C15H26N2O/c1-15(2,12-17(3)4)11-16-10-13-6-8-14(18-5)9-7-13/h6-9,16H,10-12H2,1-5H3. The van der Waals surface area contributed by atoms with Crippen molar-refractivity contribution in [2.75, 3.05) is 34.3 Å². The number of ether oxygens (including phenoxy) is 1. The second-order valence-corrected chi connectivity index (χ2v) is 5.85. The molecule has 102 valence electrons. The van der Waals surface area contributed by atoms with Crippen LogP contribution in [0, 0.1) is 5.41 Å². The van der Waals surface area contributed by atoms with Gasteiger partial charge in [-0.15, -0.1) is 0 Å². The number of rotatable bonds is 7. The van der Waals surface area contributed by atoms with E-state index in [1.165, 1.54) is 5.56 Å². The van der Waals surface area contributed by atoms with Crippen LogP contribution < -0.4 is 10.1 Å². The molecule has 18 heavy (non-hydrogen) atoms. The van der Waals surface area contributed by atoms with Crippen LogP contribution in [0.3, 0.4) is 0 Å². The summed E-state index contributed by atoms with van der Waals surface area (Å²) in [6.45, 7) is 7.57. The van der Waals surface area contributed by atoms with Gasteiger partial charge in [-0.3, -0.25) is 0 Å². The van der Waals surface area contributed by atoms with Crippen LogP contribution in [0.5, 0.6) is 5.75 Å². The lowest BCUT2D eigenvalue weighted by atomic mass is 9.93. The molecule has 0 radical (unpaired) electrons.